The highest BCUT2D eigenvalue weighted by molar-refractivity contribution is 5.93. The Balaban J connectivity index is 1.32. The first-order valence-corrected chi connectivity index (χ1v) is 14.1. The largest absolute Gasteiger partial charge is 0.363 e. The summed E-state index contributed by atoms with van der Waals surface area (Å²) >= 11 is 0. The van der Waals surface area contributed by atoms with Crippen LogP contribution in [-0.4, -0.2) is 5.66 Å². The van der Waals surface area contributed by atoms with Gasteiger partial charge in [-0.15, -0.1) is 0 Å². The molecule has 0 saturated heterocycles. The molecule has 1 unspecified atom stereocenters. The van der Waals surface area contributed by atoms with Crippen molar-refractivity contribution < 1.29 is 0 Å². The molecule has 3 N–H and O–H groups in total. The molecule has 3 heteroatoms. The molecule has 0 spiro atoms. The van der Waals surface area contributed by atoms with E-state index in [9.17, 15) is 0 Å². The zero-order valence-electron chi connectivity index (χ0n) is 22.8. The van der Waals surface area contributed by atoms with Gasteiger partial charge in [-0.2, -0.15) is 0 Å². The van der Waals surface area contributed by atoms with E-state index in [2.05, 4.69) is 145 Å². The fourth-order valence-electron chi connectivity index (χ4n) is 7.03. The van der Waals surface area contributed by atoms with Crippen LogP contribution in [0.1, 0.15) is 37.0 Å². The molecule has 2 aliphatic heterocycles. The molecule has 3 nitrogen and oxygen atoms in total. The molecular formula is C37H31N3. The minimum atomic E-state index is -0.576. The fourth-order valence-corrected chi connectivity index (χ4v) is 7.03. The standard InChI is InChI=1S/C37H31N3/c1-36(2)30-14-8-9-15-33(30)40(27-11-4-3-5-12-27)34-19-17-26(23-31(34)36)25-16-18-32-29(22-25)35-28-13-7-6-10-24(28)20-21-37(35,38)39-32/h3-20,22-23,39H,21,38H2,1-2H3. The van der Waals surface area contributed by atoms with E-state index in [4.69, 9.17) is 5.73 Å². The van der Waals surface area contributed by atoms with E-state index >= 15 is 0 Å². The third-order valence-electron chi connectivity index (χ3n) is 9.04. The molecule has 0 saturated carbocycles. The summed E-state index contributed by atoms with van der Waals surface area (Å²) in [4.78, 5) is 2.40. The maximum absolute atomic E-state index is 6.98. The SMILES string of the molecule is CC1(C)c2ccccc2N(c2ccccc2)c2ccc(-c3ccc4c(c3)C3=c5ccccc5=CCC3(N)N4)cc21. The molecule has 3 aliphatic rings. The highest BCUT2D eigenvalue weighted by Gasteiger charge is 2.40. The topological polar surface area (TPSA) is 41.3 Å². The molecule has 0 radical (unpaired) electrons. The van der Waals surface area contributed by atoms with E-state index in [1.54, 1.807) is 0 Å². The van der Waals surface area contributed by atoms with Crippen LogP contribution in [0.2, 0.25) is 0 Å². The number of benzene rings is 5. The normalized spacial score (nSPS) is 19.4. The monoisotopic (exact) mass is 517 g/mol. The molecule has 1 atom stereocenters. The van der Waals surface area contributed by atoms with E-state index in [-0.39, 0.29) is 5.41 Å². The first-order chi connectivity index (χ1) is 19.4. The van der Waals surface area contributed by atoms with Gasteiger partial charge in [0.15, 0.2) is 0 Å². The van der Waals surface area contributed by atoms with Crippen LogP contribution in [0.3, 0.4) is 0 Å². The summed E-state index contributed by atoms with van der Waals surface area (Å²) < 4.78 is 0. The number of nitrogens with zero attached hydrogens (tertiary/aromatic N) is 1. The Morgan fingerprint density at radius 1 is 0.700 bits per heavy atom. The van der Waals surface area contributed by atoms with Crippen molar-refractivity contribution in [1.29, 1.82) is 0 Å². The number of fused-ring (bicyclic) bond motifs is 6. The van der Waals surface area contributed by atoms with Gasteiger partial charge in [0, 0.05) is 34.3 Å². The van der Waals surface area contributed by atoms with Crippen LogP contribution in [0.15, 0.2) is 115 Å². The maximum Gasteiger partial charge on any atom is 0.117 e. The predicted octanol–water partition coefficient (Wildman–Crippen LogP) is 6.93. The molecule has 5 aromatic carbocycles. The van der Waals surface area contributed by atoms with E-state index in [0.717, 1.165) is 12.1 Å². The Hall–Kier alpha value is -4.60. The average molecular weight is 518 g/mol. The van der Waals surface area contributed by atoms with Gasteiger partial charge in [0.25, 0.3) is 0 Å². The number of rotatable bonds is 2. The number of nitrogens with two attached hydrogens (primary N) is 1. The Morgan fingerprint density at radius 2 is 1.40 bits per heavy atom. The maximum atomic E-state index is 6.98. The Kier molecular flexibility index (Phi) is 4.78. The second-order valence-corrected chi connectivity index (χ2v) is 11.8. The Bertz CT molecular complexity index is 1950. The summed E-state index contributed by atoms with van der Waals surface area (Å²) in [6.45, 7) is 4.69. The van der Waals surface area contributed by atoms with E-state index in [1.807, 2.05) is 0 Å². The summed E-state index contributed by atoms with van der Waals surface area (Å²) in [7, 11) is 0. The van der Waals surface area contributed by atoms with Crippen molar-refractivity contribution in [3.63, 3.8) is 0 Å². The summed E-state index contributed by atoms with van der Waals surface area (Å²) in [6.07, 6.45) is 3.02. The van der Waals surface area contributed by atoms with Gasteiger partial charge < -0.3 is 16.0 Å². The van der Waals surface area contributed by atoms with Crippen LogP contribution < -0.4 is 26.4 Å². The third kappa shape index (κ3) is 3.22. The van der Waals surface area contributed by atoms with E-state index < -0.39 is 5.66 Å². The number of anilines is 4. The smallest absolute Gasteiger partial charge is 0.117 e. The van der Waals surface area contributed by atoms with Gasteiger partial charge >= 0.3 is 0 Å². The van der Waals surface area contributed by atoms with Crippen LogP contribution in [-0.2, 0) is 5.41 Å². The van der Waals surface area contributed by atoms with Gasteiger partial charge in [-0.3, -0.25) is 0 Å². The lowest BCUT2D eigenvalue weighted by Gasteiger charge is -2.42. The minimum absolute atomic E-state index is 0.148. The van der Waals surface area contributed by atoms with Gasteiger partial charge in [-0.1, -0.05) is 92.7 Å². The summed E-state index contributed by atoms with van der Waals surface area (Å²) in [5.41, 5.74) is 18.5. The molecule has 0 aromatic heterocycles. The van der Waals surface area contributed by atoms with Crippen LogP contribution in [0, 0.1) is 0 Å². The van der Waals surface area contributed by atoms with Crippen LogP contribution in [0.4, 0.5) is 22.7 Å². The van der Waals surface area contributed by atoms with Gasteiger partial charge in [0.2, 0.25) is 0 Å². The second kappa shape index (κ2) is 8.20. The van der Waals surface area contributed by atoms with Crippen LogP contribution >= 0.6 is 0 Å². The molecule has 2 heterocycles. The van der Waals surface area contributed by atoms with Crippen molar-refractivity contribution >= 4 is 34.4 Å². The highest BCUT2D eigenvalue weighted by atomic mass is 15.2. The van der Waals surface area contributed by atoms with Gasteiger partial charge in [0.1, 0.15) is 5.66 Å². The van der Waals surface area contributed by atoms with Crippen molar-refractivity contribution in [3.05, 3.63) is 142 Å². The molecule has 1 aliphatic carbocycles. The van der Waals surface area contributed by atoms with Crippen LogP contribution in [0.25, 0.3) is 22.8 Å². The molecule has 40 heavy (non-hydrogen) atoms. The van der Waals surface area contributed by atoms with E-state index in [0.29, 0.717) is 0 Å². The lowest BCUT2D eigenvalue weighted by molar-refractivity contribution is 0.632. The van der Waals surface area contributed by atoms with Crippen molar-refractivity contribution in [3.8, 4) is 11.1 Å². The Labute approximate surface area is 234 Å². The lowest BCUT2D eigenvalue weighted by atomic mass is 9.73. The van der Waals surface area contributed by atoms with Crippen LogP contribution in [0.5, 0.6) is 0 Å². The predicted molar refractivity (Wildman–Crippen MR) is 167 cm³/mol. The summed E-state index contributed by atoms with van der Waals surface area (Å²) in [6, 6.07) is 41.8. The second-order valence-electron chi connectivity index (χ2n) is 11.8. The zero-order valence-corrected chi connectivity index (χ0v) is 22.8. The fraction of sp³-hybridized carbons (Fsp3) is 0.135. The van der Waals surface area contributed by atoms with Crippen molar-refractivity contribution in [1.82, 2.24) is 0 Å². The third-order valence-corrected chi connectivity index (χ3v) is 9.04. The van der Waals surface area contributed by atoms with Crippen molar-refractivity contribution in [2.75, 3.05) is 10.2 Å². The molecule has 5 aromatic rings. The molecule has 0 bridgehead atoms. The average Bonchev–Trinajstić information content (AvgIpc) is 3.30. The molecule has 194 valence electrons. The van der Waals surface area contributed by atoms with Crippen molar-refractivity contribution in [2.24, 2.45) is 5.73 Å². The van der Waals surface area contributed by atoms with Crippen molar-refractivity contribution in [2.45, 2.75) is 31.3 Å². The van der Waals surface area contributed by atoms with Gasteiger partial charge in [-0.05, 0) is 75.2 Å². The first-order valence-electron chi connectivity index (χ1n) is 14.1. The zero-order chi connectivity index (χ0) is 27.1. The number of hydrogen-bond acceptors (Lipinski definition) is 3. The Morgan fingerprint density at radius 3 is 2.27 bits per heavy atom. The number of hydrogen-bond donors (Lipinski definition) is 2. The number of nitrogens with one attached hydrogen (secondary N) is 1. The number of para-hydroxylation sites is 2. The highest BCUT2D eigenvalue weighted by Crippen LogP contribution is 2.52. The molecule has 0 amide bonds. The molecule has 8 rings (SSSR count). The molecule has 0 fully saturated rings. The van der Waals surface area contributed by atoms with Gasteiger partial charge in [0.05, 0.1) is 11.4 Å². The van der Waals surface area contributed by atoms with E-state index in [1.165, 1.54) is 60.9 Å². The molecular weight excluding hydrogens is 486 g/mol. The summed E-state index contributed by atoms with van der Waals surface area (Å²) in [5.74, 6) is 0. The summed E-state index contributed by atoms with van der Waals surface area (Å²) in [5, 5.41) is 6.11. The minimum Gasteiger partial charge on any atom is -0.363 e. The lowest BCUT2D eigenvalue weighted by Crippen LogP contribution is -2.51. The van der Waals surface area contributed by atoms with Gasteiger partial charge in [-0.25, -0.2) is 0 Å². The first kappa shape index (κ1) is 23.3. The quantitative estimate of drug-likeness (QED) is 0.267.